The fraction of sp³-hybridized carbons (Fsp3) is 0. The van der Waals surface area contributed by atoms with Crippen molar-refractivity contribution in [3.05, 3.63) is 128 Å². The molecule has 3 nitrogen and oxygen atoms in total. The molecule has 0 aliphatic carbocycles. The summed E-state index contributed by atoms with van der Waals surface area (Å²) in [6.45, 7) is 0. The molecule has 0 unspecified atom stereocenters. The predicted octanol–water partition coefficient (Wildman–Crippen LogP) is 11.8. The zero-order valence-corrected chi connectivity index (χ0v) is 25.4. The number of hydrogen-bond acceptors (Lipinski definition) is 4. The molecule has 208 valence electrons. The molecule has 0 saturated carbocycles. The van der Waals surface area contributed by atoms with E-state index in [9.17, 15) is 0 Å². The second-order valence-corrected chi connectivity index (χ2v) is 13.8. The van der Waals surface area contributed by atoms with Gasteiger partial charge in [0.1, 0.15) is 6.33 Å². The summed E-state index contributed by atoms with van der Waals surface area (Å²) in [5.41, 5.74) is 4.61. The van der Waals surface area contributed by atoms with E-state index in [1.165, 1.54) is 84.4 Å². The normalized spacial score (nSPS) is 12.4. The lowest BCUT2D eigenvalue weighted by Crippen LogP contribution is -1.95. The van der Waals surface area contributed by atoms with Crippen LogP contribution >= 0.6 is 22.7 Å². The number of fused-ring (bicyclic) bond motifs is 18. The van der Waals surface area contributed by atoms with E-state index in [4.69, 9.17) is 4.98 Å². The van der Waals surface area contributed by atoms with Gasteiger partial charge in [-0.2, -0.15) is 0 Å². The summed E-state index contributed by atoms with van der Waals surface area (Å²) < 4.78 is 7.54. The van der Waals surface area contributed by atoms with Gasteiger partial charge in [0.15, 0.2) is 0 Å². The van der Waals surface area contributed by atoms with Crippen LogP contribution in [0.1, 0.15) is 0 Å². The van der Waals surface area contributed by atoms with Gasteiger partial charge in [-0.3, -0.25) is 0 Å². The van der Waals surface area contributed by atoms with Gasteiger partial charge in [-0.05, 0) is 56.6 Å². The zero-order chi connectivity index (χ0) is 29.2. The van der Waals surface area contributed by atoms with Crippen LogP contribution in [0.15, 0.2) is 128 Å². The van der Waals surface area contributed by atoms with Gasteiger partial charge in [0.25, 0.3) is 0 Å². The number of rotatable bonds is 1. The van der Waals surface area contributed by atoms with E-state index in [1.54, 1.807) is 6.33 Å². The summed E-state index contributed by atoms with van der Waals surface area (Å²) in [6, 6.07) is 42.4. The van der Waals surface area contributed by atoms with E-state index in [-0.39, 0.29) is 0 Å². The SMILES string of the molecule is c1ccc2c(c1)sc1c2c2sc3cncnc3c2c2c1c1ccccc1n2-c1ccc2c3ccccc3c3ccccc3c2c1. The summed E-state index contributed by atoms with van der Waals surface area (Å²) in [6.07, 6.45) is 3.66. The Bertz CT molecular complexity index is 2990. The Morgan fingerprint density at radius 3 is 1.87 bits per heavy atom. The summed E-state index contributed by atoms with van der Waals surface area (Å²) in [5, 5.41) is 14.1. The maximum atomic E-state index is 4.91. The molecule has 7 aromatic carbocycles. The first-order valence-corrected chi connectivity index (χ1v) is 16.7. The van der Waals surface area contributed by atoms with Crippen LogP contribution in [0.4, 0.5) is 0 Å². The molecule has 0 saturated heterocycles. The fourth-order valence-electron chi connectivity index (χ4n) is 7.70. The molecular weight excluding hydrogens is 587 g/mol. The summed E-state index contributed by atoms with van der Waals surface area (Å²) in [5.74, 6) is 0. The first-order valence-electron chi connectivity index (χ1n) is 15.1. The van der Waals surface area contributed by atoms with Gasteiger partial charge >= 0.3 is 0 Å². The van der Waals surface area contributed by atoms with Crippen molar-refractivity contribution in [2.75, 3.05) is 0 Å². The van der Waals surface area contributed by atoms with E-state index in [1.807, 2.05) is 28.9 Å². The standard InChI is InChI=1S/C40H21N3S2/c1-2-11-25-23(9-1)24-10-3-4-12-26(24)30-19-22(17-18-27(25)30)43-31-15-7-5-13-28(31)34-38(43)36-37-33(20-41-21-42-37)45-40(36)35-29-14-6-8-16-32(29)44-39(34)35/h1-21H. The van der Waals surface area contributed by atoms with E-state index in [0.717, 1.165) is 15.9 Å². The first kappa shape index (κ1) is 24.0. The van der Waals surface area contributed by atoms with Crippen molar-refractivity contribution in [3.8, 4) is 5.69 Å². The van der Waals surface area contributed by atoms with Gasteiger partial charge < -0.3 is 4.57 Å². The van der Waals surface area contributed by atoms with E-state index < -0.39 is 0 Å². The molecular formula is C40H21N3S2. The average Bonchev–Trinajstić information content (AvgIpc) is 3.78. The molecule has 0 aliphatic rings. The third kappa shape index (κ3) is 3.04. The van der Waals surface area contributed by atoms with Gasteiger partial charge in [0, 0.05) is 52.9 Å². The molecule has 11 rings (SSSR count). The quantitative estimate of drug-likeness (QED) is 0.174. The van der Waals surface area contributed by atoms with Crippen LogP contribution in [0.3, 0.4) is 0 Å². The molecule has 0 bridgehead atoms. The lowest BCUT2D eigenvalue weighted by molar-refractivity contribution is 1.19. The highest BCUT2D eigenvalue weighted by molar-refractivity contribution is 7.30. The summed E-state index contributed by atoms with van der Waals surface area (Å²) in [7, 11) is 0. The number of aromatic nitrogens is 3. The van der Waals surface area contributed by atoms with Crippen LogP contribution < -0.4 is 0 Å². The average molecular weight is 608 g/mol. The van der Waals surface area contributed by atoms with Crippen LogP contribution in [-0.4, -0.2) is 14.5 Å². The fourth-order valence-corrected chi connectivity index (χ4v) is 10.2. The second-order valence-electron chi connectivity index (χ2n) is 11.7. The lowest BCUT2D eigenvalue weighted by Gasteiger charge is -2.14. The minimum Gasteiger partial charge on any atom is -0.308 e. The highest BCUT2D eigenvalue weighted by Gasteiger charge is 2.25. The van der Waals surface area contributed by atoms with Gasteiger partial charge in [-0.1, -0.05) is 91.0 Å². The van der Waals surface area contributed by atoms with Crippen molar-refractivity contribution in [1.82, 2.24) is 14.5 Å². The van der Waals surface area contributed by atoms with Gasteiger partial charge in [-0.15, -0.1) is 22.7 Å². The third-order valence-corrected chi connectivity index (χ3v) is 11.8. The Morgan fingerprint density at radius 2 is 1.09 bits per heavy atom. The van der Waals surface area contributed by atoms with Crippen LogP contribution in [0, 0.1) is 0 Å². The van der Waals surface area contributed by atoms with Gasteiger partial charge in [-0.25, -0.2) is 9.97 Å². The molecule has 11 aromatic rings. The molecule has 0 atom stereocenters. The summed E-state index contributed by atoms with van der Waals surface area (Å²) >= 11 is 3.72. The largest absolute Gasteiger partial charge is 0.308 e. The molecule has 0 N–H and O–H groups in total. The molecule has 0 fully saturated rings. The molecule has 4 heterocycles. The van der Waals surface area contributed by atoms with Crippen molar-refractivity contribution >= 4 is 117 Å². The number of benzene rings is 7. The van der Waals surface area contributed by atoms with Crippen LogP contribution in [0.5, 0.6) is 0 Å². The monoisotopic (exact) mass is 607 g/mol. The second kappa shape index (κ2) is 8.63. The highest BCUT2D eigenvalue weighted by atomic mass is 32.1. The minimum atomic E-state index is 1.02. The maximum Gasteiger partial charge on any atom is 0.116 e. The summed E-state index contributed by atoms with van der Waals surface area (Å²) in [4.78, 5) is 9.33. The van der Waals surface area contributed by atoms with Crippen molar-refractivity contribution in [3.63, 3.8) is 0 Å². The highest BCUT2D eigenvalue weighted by Crippen LogP contribution is 2.51. The Kier molecular flexibility index (Phi) is 4.61. The molecule has 0 amide bonds. The third-order valence-electron chi connectivity index (χ3n) is 9.50. The topological polar surface area (TPSA) is 30.7 Å². The van der Waals surface area contributed by atoms with Crippen molar-refractivity contribution in [2.24, 2.45) is 0 Å². The first-order chi connectivity index (χ1) is 22.3. The smallest absolute Gasteiger partial charge is 0.116 e. The van der Waals surface area contributed by atoms with Crippen LogP contribution in [0.2, 0.25) is 0 Å². The predicted molar refractivity (Wildman–Crippen MR) is 195 cm³/mol. The lowest BCUT2D eigenvalue weighted by atomic mass is 9.94. The number of thiophene rings is 2. The zero-order valence-electron chi connectivity index (χ0n) is 23.8. The Balaban J connectivity index is 1.40. The molecule has 5 heteroatoms. The van der Waals surface area contributed by atoms with E-state index in [2.05, 4.69) is 125 Å². The maximum absolute atomic E-state index is 4.91. The van der Waals surface area contributed by atoms with Crippen LogP contribution in [0.25, 0.3) is 100 Å². The molecule has 0 spiro atoms. The van der Waals surface area contributed by atoms with Crippen LogP contribution in [-0.2, 0) is 0 Å². The molecule has 4 aromatic heterocycles. The molecule has 45 heavy (non-hydrogen) atoms. The van der Waals surface area contributed by atoms with Gasteiger partial charge in [0.05, 0.1) is 21.3 Å². The van der Waals surface area contributed by atoms with Gasteiger partial charge in [0.2, 0.25) is 0 Å². The van der Waals surface area contributed by atoms with E-state index in [0.29, 0.717) is 0 Å². The number of nitrogens with zero attached hydrogens (tertiary/aromatic N) is 3. The molecule has 0 radical (unpaired) electrons. The van der Waals surface area contributed by atoms with Crippen molar-refractivity contribution in [2.45, 2.75) is 0 Å². The minimum absolute atomic E-state index is 1.02. The van der Waals surface area contributed by atoms with Crippen molar-refractivity contribution < 1.29 is 0 Å². The van der Waals surface area contributed by atoms with E-state index >= 15 is 0 Å². The Labute approximate surface area is 264 Å². The Morgan fingerprint density at radius 1 is 0.489 bits per heavy atom. The number of para-hydroxylation sites is 1. The molecule has 0 aliphatic heterocycles. The Hall–Kier alpha value is -5.36. The number of hydrogen-bond donors (Lipinski definition) is 0. The van der Waals surface area contributed by atoms with Crippen molar-refractivity contribution in [1.29, 1.82) is 0 Å².